The summed E-state index contributed by atoms with van der Waals surface area (Å²) in [6.07, 6.45) is 6.99. The van der Waals surface area contributed by atoms with E-state index in [0.717, 1.165) is 62.5 Å². The van der Waals surface area contributed by atoms with E-state index in [2.05, 4.69) is 37.6 Å². The molecule has 0 radical (unpaired) electrons. The van der Waals surface area contributed by atoms with E-state index < -0.39 is 10.0 Å². The first-order chi connectivity index (χ1) is 15.2. The van der Waals surface area contributed by atoms with Gasteiger partial charge in [0, 0.05) is 51.2 Å². The van der Waals surface area contributed by atoms with Crippen molar-refractivity contribution in [2.75, 3.05) is 50.6 Å². The lowest BCUT2D eigenvalue weighted by Crippen LogP contribution is -2.36. The Balaban J connectivity index is 1.52. The first-order valence-corrected chi connectivity index (χ1v) is 12.8. The Hall–Kier alpha value is -2.23. The molecule has 4 heterocycles. The molecule has 0 aromatic carbocycles. The Bertz CT molecular complexity index is 1070. The Kier molecular flexibility index (Phi) is 6.69. The summed E-state index contributed by atoms with van der Waals surface area (Å²) in [5, 5.41) is 0. The van der Waals surface area contributed by atoms with Crippen LogP contribution in [0.4, 0.5) is 11.6 Å². The van der Waals surface area contributed by atoms with Crippen LogP contribution in [-0.2, 0) is 23.0 Å². The first kappa shape index (κ1) is 22.9. The molecular formula is C23H34N6O2S. The maximum absolute atomic E-state index is 13.1. The number of aryl methyl sites for hydroxylation is 1. The summed E-state index contributed by atoms with van der Waals surface area (Å²) in [7, 11) is 2.48. The number of aromatic nitrogens is 2. The van der Waals surface area contributed by atoms with Crippen LogP contribution >= 0.6 is 0 Å². The fourth-order valence-electron chi connectivity index (χ4n) is 4.66. The van der Waals surface area contributed by atoms with Gasteiger partial charge in [0.2, 0.25) is 10.0 Å². The highest BCUT2D eigenvalue weighted by Crippen LogP contribution is 2.29. The molecule has 1 fully saturated rings. The standard InChI is InChI=1S/C23H34N6O2S/c1-17-14-22(29-13-8-18-7-10-24-23(27(2)3)20(18)16-29)25-15-21(17)32(30,31)26-19-6-5-11-28(4)12-9-19/h7,10,14-15,19,26H,5-6,8-9,11-13,16H2,1-4H3. The van der Waals surface area contributed by atoms with Gasteiger partial charge in [0.15, 0.2) is 0 Å². The normalized spacial score (nSPS) is 20.0. The summed E-state index contributed by atoms with van der Waals surface area (Å²) in [4.78, 5) is 15.9. The molecular weight excluding hydrogens is 424 g/mol. The average Bonchev–Trinajstić information content (AvgIpc) is 2.96. The molecule has 0 saturated carbocycles. The molecule has 2 aliphatic rings. The number of sulfonamides is 1. The zero-order valence-corrected chi connectivity index (χ0v) is 20.3. The van der Waals surface area contributed by atoms with Crippen LogP contribution in [0.25, 0.3) is 0 Å². The van der Waals surface area contributed by atoms with Crippen LogP contribution in [0.2, 0.25) is 0 Å². The largest absolute Gasteiger partial charge is 0.362 e. The summed E-state index contributed by atoms with van der Waals surface area (Å²) in [6, 6.07) is 3.96. The van der Waals surface area contributed by atoms with Crippen molar-refractivity contribution in [2.24, 2.45) is 0 Å². The molecule has 0 amide bonds. The summed E-state index contributed by atoms with van der Waals surface area (Å²) in [5.74, 6) is 1.78. The van der Waals surface area contributed by atoms with E-state index in [0.29, 0.717) is 6.54 Å². The number of hydrogen-bond acceptors (Lipinski definition) is 7. The monoisotopic (exact) mass is 458 g/mol. The third kappa shape index (κ3) is 4.89. The molecule has 32 heavy (non-hydrogen) atoms. The molecule has 8 nitrogen and oxygen atoms in total. The van der Waals surface area contributed by atoms with Crippen LogP contribution in [0.1, 0.15) is 36.0 Å². The average molecular weight is 459 g/mol. The van der Waals surface area contributed by atoms with Crippen LogP contribution in [-0.4, -0.2) is 70.1 Å². The number of nitrogens with one attached hydrogen (secondary N) is 1. The van der Waals surface area contributed by atoms with Gasteiger partial charge in [-0.2, -0.15) is 0 Å². The van der Waals surface area contributed by atoms with Crippen LogP contribution in [0.3, 0.4) is 0 Å². The number of hydrogen-bond donors (Lipinski definition) is 1. The molecule has 1 saturated heterocycles. The molecule has 4 rings (SSSR count). The summed E-state index contributed by atoms with van der Waals surface area (Å²) in [6.45, 7) is 5.33. The smallest absolute Gasteiger partial charge is 0.242 e. The summed E-state index contributed by atoms with van der Waals surface area (Å²) >= 11 is 0. The summed E-state index contributed by atoms with van der Waals surface area (Å²) < 4.78 is 29.1. The van der Waals surface area contributed by atoms with Gasteiger partial charge in [0.1, 0.15) is 16.5 Å². The zero-order valence-electron chi connectivity index (χ0n) is 19.5. The van der Waals surface area contributed by atoms with Gasteiger partial charge in [-0.3, -0.25) is 0 Å². The fourth-order valence-corrected chi connectivity index (χ4v) is 6.13. The van der Waals surface area contributed by atoms with Gasteiger partial charge in [-0.25, -0.2) is 23.1 Å². The minimum absolute atomic E-state index is 0.0282. The van der Waals surface area contributed by atoms with Crippen molar-refractivity contribution < 1.29 is 8.42 Å². The maximum Gasteiger partial charge on any atom is 0.242 e. The first-order valence-electron chi connectivity index (χ1n) is 11.3. The second-order valence-corrected chi connectivity index (χ2v) is 10.9. The Morgan fingerprint density at radius 2 is 1.97 bits per heavy atom. The lowest BCUT2D eigenvalue weighted by atomic mass is 10.0. The molecule has 2 aliphatic heterocycles. The van der Waals surface area contributed by atoms with Gasteiger partial charge in [0.25, 0.3) is 0 Å². The van der Waals surface area contributed by atoms with Crippen LogP contribution in [0, 0.1) is 6.92 Å². The minimum atomic E-state index is -3.60. The minimum Gasteiger partial charge on any atom is -0.362 e. The number of rotatable bonds is 5. The topological polar surface area (TPSA) is 81.7 Å². The third-order valence-corrected chi connectivity index (χ3v) is 8.14. The van der Waals surface area contributed by atoms with Gasteiger partial charge in [-0.05, 0) is 76.0 Å². The van der Waals surface area contributed by atoms with E-state index in [1.165, 1.54) is 17.3 Å². The van der Waals surface area contributed by atoms with Crippen molar-refractivity contribution in [1.29, 1.82) is 0 Å². The Morgan fingerprint density at radius 1 is 1.16 bits per heavy atom. The predicted octanol–water partition coefficient (Wildman–Crippen LogP) is 2.18. The number of fused-ring (bicyclic) bond motifs is 1. The van der Waals surface area contributed by atoms with Crippen molar-refractivity contribution in [3.05, 3.63) is 41.2 Å². The molecule has 9 heteroatoms. The molecule has 1 unspecified atom stereocenters. The van der Waals surface area contributed by atoms with Gasteiger partial charge < -0.3 is 14.7 Å². The molecule has 2 aromatic heterocycles. The lowest BCUT2D eigenvalue weighted by Gasteiger charge is -2.32. The molecule has 0 bridgehead atoms. The van der Waals surface area contributed by atoms with E-state index in [-0.39, 0.29) is 10.9 Å². The van der Waals surface area contributed by atoms with E-state index >= 15 is 0 Å². The van der Waals surface area contributed by atoms with Crippen LogP contribution in [0.5, 0.6) is 0 Å². The molecule has 174 valence electrons. The fraction of sp³-hybridized carbons (Fsp3) is 0.565. The number of likely N-dealkylation sites (tertiary alicyclic amines) is 1. The zero-order chi connectivity index (χ0) is 22.9. The lowest BCUT2D eigenvalue weighted by molar-refractivity contribution is 0.346. The molecule has 2 aromatic rings. The quantitative estimate of drug-likeness (QED) is 0.735. The van der Waals surface area contributed by atoms with Gasteiger partial charge in [-0.15, -0.1) is 0 Å². The third-order valence-electron chi connectivity index (χ3n) is 6.49. The second-order valence-electron chi connectivity index (χ2n) is 9.20. The summed E-state index contributed by atoms with van der Waals surface area (Å²) in [5.41, 5.74) is 3.24. The van der Waals surface area contributed by atoms with E-state index in [9.17, 15) is 8.42 Å². The van der Waals surface area contributed by atoms with Crippen molar-refractivity contribution in [3.8, 4) is 0 Å². The Morgan fingerprint density at radius 3 is 2.72 bits per heavy atom. The molecule has 0 aliphatic carbocycles. The van der Waals surface area contributed by atoms with Crippen molar-refractivity contribution in [1.82, 2.24) is 19.6 Å². The van der Waals surface area contributed by atoms with Gasteiger partial charge in [0.05, 0.1) is 0 Å². The predicted molar refractivity (Wildman–Crippen MR) is 128 cm³/mol. The van der Waals surface area contributed by atoms with Crippen molar-refractivity contribution in [3.63, 3.8) is 0 Å². The SMILES string of the molecule is Cc1cc(N2CCc3ccnc(N(C)C)c3C2)ncc1S(=O)(=O)NC1CCCN(C)CC1. The Labute approximate surface area is 191 Å². The molecule has 0 spiro atoms. The number of pyridine rings is 2. The highest BCUT2D eigenvalue weighted by atomic mass is 32.2. The van der Waals surface area contributed by atoms with Crippen LogP contribution in [0.15, 0.2) is 29.4 Å². The highest BCUT2D eigenvalue weighted by Gasteiger charge is 2.26. The van der Waals surface area contributed by atoms with Crippen LogP contribution < -0.4 is 14.5 Å². The number of nitrogens with zero attached hydrogens (tertiary/aromatic N) is 5. The van der Waals surface area contributed by atoms with Gasteiger partial charge >= 0.3 is 0 Å². The van der Waals surface area contributed by atoms with E-state index in [4.69, 9.17) is 0 Å². The maximum atomic E-state index is 13.1. The van der Waals surface area contributed by atoms with Crippen molar-refractivity contribution in [2.45, 2.75) is 50.1 Å². The van der Waals surface area contributed by atoms with Crippen molar-refractivity contribution >= 4 is 21.7 Å². The molecule has 1 atom stereocenters. The van der Waals surface area contributed by atoms with E-state index in [1.54, 1.807) is 0 Å². The molecule has 1 N–H and O–H groups in total. The van der Waals surface area contributed by atoms with E-state index in [1.807, 2.05) is 38.2 Å². The second kappa shape index (κ2) is 9.33. The van der Waals surface area contributed by atoms with Gasteiger partial charge in [-0.1, -0.05) is 0 Å². The number of anilines is 2. The highest BCUT2D eigenvalue weighted by molar-refractivity contribution is 7.89.